The zero-order valence-electron chi connectivity index (χ0n) is 16.5. The molecule has 0 aliphatic carbocycles. The molecule has 5 nitrogen and oxygen atoms in total. The Morgan fingerprint density at radius 1 is 1.00 bits per heavy atom. The highest BCUT2D eigenvalue weighted by molar-refractivity contribution is 6.31. The number of benzene rings is 2. The number of anilines is 1. The van der Waals surface area contributed by atoms with E-state index in [0.29, 0.717) is 24.7 Å². The highest BCUT2D eigenvalue weighted by Crippen LogP contribution is 2.19. The first-order chi connectivity index (χ1) is 14.3. The molecule has 2 aromatic carbocycles. The summed E-state index contributed by atoms with van der Waals surface area (Å²) in [6.45, 7) is 2.92. The molecule has 2 amide bonds. The van der Waals surface area contributed by atoms with Crippen molar-refractivity contribution in [2.75, 3.05) is 25.0 Å². The second kappa shape index (κ2) is 11.6. The first-order valence-electron chi connectivity index (χ1n) is 9.47. The molecular formula is C21H23ClF3N3O2. The van der Waals surface area contributed by atoms with Crippen LogP contribution in [0.25, 0.3) is 0 Å². The standard InChI is InChI=1S/C21H23ClF3N3O2/c1-2-10-28(11-9-18(29)26-12-14-5-3-4-6-15(14)22)13-19(30)27-17-8-7-16(23)20(24)21(17)25/h3-8H,2,9-13H2,1H3,(H,26,29)(H,27,30). The van der Waals surface area contributed by atoms with Crippen molar-refractivity contribution < 1.29 is 22.8 Å². The van der Waals surface area contributed by atoms with E-state index in [4.69, 9.17) is 11.6 Å². The summed E-state index contributed by atoms with van der Waals surface area (Å²) < 4.78 is 40.0. The molecule has 0 saturated heterocycles. The highest BCUT2D eigenvalue weighted by Gasteiger charge is 2.17. The lowest BCUT2D eigenvalue weighted by Crippen LogP contribution is -2.37. The zero-order chi connectivity index (χ0) is 22.1. The summed E-state index contributed by atoms with van der Waals surface area (Å²) in [5, 5.41) is 5.56. The van der Waals surface area contributed by atoms with E-state index in [1.54, 1.807) is 17.0 Å². The Morgan fingerprint density at radius 2 is 1.73 bits per heavy atom. The van der Waals surface area contributed by atoms with Gasteiger partial charge in [-0.3, -0.25) is 14.5 Å². The lowest BCUT2D eigenvalue weighted by Gasteiger charge is -2.21. The predicted molar refractivity (Wildman–Crippen MR) is 110 cm³/mol. The zero-order valence-corrected chi connectivity index (χ0v) is 17.2. The van der Waals surface area contributed by atoms with E-state index in [1.807, 2.05) is 19.1 Å². The number of amides is 2. The minimum atomic E-state index is -1.64. The van der Waals surface area contributed by atoms with Crippen LogP contribution in [0.15, 0.2) is 36.4 Å². The van der Waals surface area contributed by atoms with Crippen molar-refractivity contribution >= 4 is 29.1 Å². The molecule has 2 N–H and O–H groups in total. The Balaban J connectivity index is 1.85. The number of nitrogens with zero attached hydrogens (tertiary/aromatic N) is 1. The van der Waals surface area contributed by atoms with Crippen LogP contribution < -0.4 is 10.6 Å². The molecule has 30 heavy (non-hydrogen) atoms. The molecule has 2 rings (SSSR count). The van der Waals surface area contributed by atoms with Crippen molar-refractivity contribution in [3.05, 3.63) is 64.4 Å². The van der Waals surface area contributed by atoms with Crippen LogP contribution in [0.2, 0.25) is 5.02 Å². The largest absolute Gasteiger partial charge is 0.352 e. The maximum Gasteiger partial charge on any atom is 0.238 e. The molecule has 0 spiro atoms. The fraction of sp³-hybridized carbons (Fsp3) is 0.333. The number of hydrogen-bond acceptors (Lipinski definition) is 3. The van der Waals surface area contributed by atoms with Gasteiger partial charge in [-0.25, -0.2) is 13.2 Å². The molecule has 0 aliphatic rings. The smallest absolute Gasteiger partial charge is 0.238 e. The van der Waals surface area contributed by atoms with E-state index in [-0.39, 0.29) is 18.9 Å². The molecule has 0 aliphatic heterocycles. The first-order valence-corrected chi connectivity index (χ1v) is 9.85. The van der Waals surface area contributed by atoms with Crippen LogP contribution in [0.1, 0.15) is 25.3 Å². The Hall–Kier alpha value is -2.58. The van der Waals surface area contributed by atoms with Gasteiger partial charge in [-0.2, -0.15) is 0 Å². The molecule has 0 heterocycles. The van der Waals surface area contributed by atoms with Crippen molar-refractivity contribution in [1.29, 1.82) is 0 Å². The molecule has 162 valence electrons. The van der Waals surface area contributed by atoms with Crippen LogP contribution >= 0.6 is 11.6 Å². The van der Waals surface area contributed by atoms with Crippen LogP contribution in [0, 0.1) is 17.5 Å². The van der Waals surface area contributed by atoms with Gasteiger partial charge in [-0.1, -0.05) is 36.7 Å². The van der Waals surface area contributed by atoms with Crippen molar-refractivity contribution in [3.63, 3.8) is 0 Å². The predicted octanol–water partition coefficient (Wildman–Crippen LogP) is 4.11. The van der Waals surface area contributed by atoms with Crippen molar-refractivity contribution in [2.24, 2.45) is 0 Å². The molecule has 0 saturated carbocycles. The average Bonchev–Trinajstić information content (AvgIpc) is 2.72. The van der Waals surface area contributed by atoms with Crippen molar-refractivity contribution in [2.45, 2.75) is 26.3 Å². The number of hydrogen-bond donors (Lipinski definition) is 2. The topological polar surface area (TPSA) is 61.4 Å². The third-order valence-corrected chi connectivity index (χ3v) is 4.67. The number of rotatable bonds is 10. The summed E-state index contributed by atoms with van der Waals surface area (Å²) in [6, 6.07) is 8.87. The van der Waals surface area contributed by atoms with E-state index in [1.165, 1.54) is 0 Å². The summed E-state index contributed by atoms with van der Waals surface area (Å²) in [6.07, 6.45) is 0.880. The molecule has 0 atom stereocenters. The average molecular weight is 442 g/mol. The van der Waals surface area contributed by atoms with E-state index in [2.05, 4.69) is 10.6 Å². The Labute approximate surface area is 178 Å². The van der Waals surface area contributed by atoms with Crippen LogP contribution in [0.4, 0.5) is 18.9 Å². The van der Waals surface area contributed by atoms with Gasteiger partial charge in [-0.05, 0) is 36.7 Å². The Bertz CT molecular complexity index is 896. The molecule has 0 fully saturated rings. The third-order valence-electron chi connectivity index (χ3n) is 4.31. The minimum Gasteiger partial charge on any atom is -0.352 e. The summed E-state index contributed by atoms with van der Waals surface area (Å²) in [4.78, 5) is 26.0. The van der Waals surface area contributed by atoms with E-state index < -0.39 is 29.0 Å². The Kier molecular flexibility index (Phi) is 9.14. The quantitative estimate of drug-likeness (QED) is 0.545. The summed E-state index contributed by atoms with van der Waals surface area (Å²) in [7, 11) is 0. The van der Waals surface area contributed by atoms with Crippen molar-refractivity contribution in [1.82, 2.24) is 10.2 Å². The molecule has 0 bridgehead atoms. The highest BCUT2D eigenvalue weighted by atomic mass is 35.5. The van der Waals surface area contributed by atoms with Gasteiger partial charge in [0.15, 0.2) is 17.5 Å². The molecule has 9 heteroatoms. The van der Waals surface area contributed by atoms with Crippen LogP contribution in [0.5, 0.6) is 0 Å². The van der Waals surface area contributed by atoms with E-state index in [0.717, 1.165) is 24.1 Å². The summed E-state index contributed by atoms with van der Waals surface area (Å²) >= 11 is 6.05. The molecule has 0 radical (unpaired) electrons. The molecule has 2 aromatic rings. The maximum atomic E-state index is 13.7. The lowest BCUT2D eigenvalue weighted by molar-refractivity contribution is -0.122. The van der Waals surface area contributed by atoms with Crippen molar-refractivity contribution in [3.8, 4) is 0 Å². The van der Waals surface area contributed by atoms with Gasteiger partial charge in [0, 0.05) is 24.5 Å². The summed E-state index contributed by atoms with van der Waals surface area (Å²) in [5.41, 5.74) is 0.360. The van der Waals surface area contributed by atoms with Crippen LogP contribution in [-0.2, 0) is 16.1 Å². The third kappa shape index (κ3) is 7.03. The Morgan fingerprint density at radius 3 is 2.43 bits per heavy atom. The SMILES string of the molecule is CCCN(CCC(=O)NCc1ccccc1Cl)CC(=O)Nc1ccc(F)c(F)c1F. The second-order valence-electron chi connectivity index (χ2n) is 6.67. The number of carbonyl (C=O) groups is 2. The fourth-order valence-electron chi connectivity index (χ4n) is 2.79. The van der Waals surface area contributed by atoms with Gasteiger partial charge in [0.05, 0.1) is 12.2 Å². The monoisotopic (exact) mass is 441 g/mol. The van der Waals surface area contributed by atoms with Crippen LogP contribution in [0.3, 0.4) is 0 Å². The number of carbonyl (C=O) groups excluding carboxylic acids is 2. The number of nitrogens with one attached hydrogen (secondary N) is 2. The molecule has 0 unspecified atom stereocenters. The van der Waals surface area contributed by atoms with Crippen LogP contribution in [-0.4, -0.2) is 36.3 Å². The first kappa shape index (κ1) is 23.7. The number of halogens is 4. The fourth-order valence-corrected chi connectivity index (χ4v) is 2.99. The normalized spacial score (nSPS) is 10.9. The summed E-state index contributed by atoms with van der Waals surface area (Å²) in [5.74, 6) is -5.23. The van der Waals surface area contributed by atoms with E-state index >= 15 is 0 Å². The van der Waals surface area contributed by atoms with Gasteiger partial charge >= 0.3 is 0 Å². The van der Waals surface area contributed by atoms with Gasteiger partial charge in [-0.15, -0.1) is 0 Å². The molecular weight excluding hydrogens is 419 g/mol. The lowest BCUT2D eigenvalue weighted by atomic mass is 10.2. The minimum absolute atomic E-state index is 0.121. The van der Waals surface area contributed by atoms with Gasteiger partial charge in [0.25, 0.3) is 0 Å². The second-order valence-corrected chi connectivity index (χ2v) is 7.07. The van der Waals surface area contributed by atoms with E-state index in [9.17, 15) is 22.8 Å². The van der Waals surface area contributed by atoms with Gasteiger partial charge < -0.3 is 10.6 Å². The maximum absolute atomic E-state index is 13.7. The van der Waals surface area contributed by atoms with Gasteiger partial charge in [0.2, 0.25) is 11.8 Å². The van der Waals surface area contributed by atoms with Gasteiger partial charge in [0.1, 0.15) is 0 Å². The molecule has 0 aromatic heterocycles.